The standard InChI is InChI=1S/C20H26N6O4P/c1-3-28-18-16-17(24-20(21)25-18)26(12-22-16)19-13(2)9-15(30-19)11-29-31(27)23-10-14-7-5-4-6-8-14/h4-8,12-13,15,19H,3,9-11H2,1-2H3,(H,23,27)(H2,21,24,25)/q+1/t13-,15-,19+/m0/s1. The van der Waals surface area contributed by atoms with Crippen LogP contribution in [0.2, 0.25) is 0 Å². The number of rotatable bonds is 9. The summed E-state index contributed by atoms with van der Waals surface area (Å²) in [5.74, 6) is 0.647. The van der Waals surface area contributed by atoms with Gasteiger partial charge in [-0.15, -0.1) is 4.52 Å². The first-order valence-corrected chi connectivity index (χ1v) is 11.4. The Kier molecular flexibility index (Phi) is 6.72. The van der Waals surface area contributed by atoms with Crippen LogP contribution in [0.25, 0.3) is 11.2 Å². The van der Waals surface area contributed by atoms with Gasteiger partial charge in [0.05, 0.1) is 25.6 Å². The first kappa shape index (κ1) is 21.6. The third-order valence-electron chi connectivity index (χ3n) is 5.05. The fourth-order valence-corrected chi connectivity index (χ4v) is 4.35. The van der Waals surface area contributed by atoms with Gasteiger partial charge in [-0.1, -0.05) is 42.3 Å². The molecule has 3 aromatic rings. The average Bonchev–Trinajstić information content (AvgIpc) is 3.34. The number of hydrogen-bond acceptors (Lipinski definition) is 8. The molecule has 1 unspecified atom stereocenters. The molecule has 10 nitrogen and oxygen atoms in total. The summed E-state index contributed by atoms with van der Waals surface area (Å²) in [5.41, 5.74) is 7.99. The first-order valence-electron chi connectivity index (χ1n) is 10.2. The van der Waals surface area contributed by atoms with E-state index in [0.29, 0.717) is 30.2 Å². The Morgan fingerprint density at radius 3 is 2.90 bits per heavy atom. The van der Waals surface area contributed by atoms with E-state index in [9.17, 15) is 4.57 Å². The van der Waals surface area contributed by atoms with Crippen LogP contribution in [0.15, 0.2) is 36.7 Å². The number of nitrogen functional groups attached to an aromatic ring is 1. The molecule has 4 atom stereocenters. The molecular weight excluding hydrogens is 419 g/mol. The van der Waals surface area contributed by atoms with E-state index in [1.54, 1.807) is 6.33 Å². The van der Waals surface area contributed by atoms with E-state index in [1.807, 2.05) is 41.8 Å². The normalized spacial score (nSPS) is 21.5. The smallest absolute Gasteiger partial charge is 0.476 e. The van der Waals surface area contributed by atoms with Crippen LogP contribution in [0.3, 0.4) is 0 Å². The van der Waals surface area contributed by atoms with Crippen molar-refractivity contribution in [3.8, 4) is 5.88 Å². The van der Waals surface area contributed by atoms with Crippen molar-refractivity contribution in [2.24, 2.45) is 5.92 Å². The predicted octanol–water partition coefficient (Wildman–Crippen LogP) is 3.19. The Morgan fingerprint density at radius 2 is 2.13 bits per heavy atom. The summed E-state index contributed by atoms with van der Waals surface area (Å²) in [5, 5.41) is 2.89. The second-order valence-corrected chi connectivity index (χ2v) is 8.47. The lowest BCUT2D eigenvalue weighted by molar-refractivity contribution is -0.0243. The monoisotopic (exact) mass is 445 g/mol. The molecule has 0 aliphatic carbocycles. The van der Waals surface area contributed by atoms with Crippen molar-refractivity contribution in [3.05, 3.63) is 42.2 Å². The summed E-state index contributed by atoms with van der Waals surface area (Å²) < 4.78 is 31.2. The zero-order chi connectivity index (χ0) is 21.8. The highest BCUT2D eigenvalue weighted by molar-refractivity contribution is 7.36. The number of nitrogens with one attached hydrogen (secondary N) is 1. The van der Waals surface area contributed by atoms with E-state index in [-0.39, 0.29) is 30.8 Å². The van der Waals surface area contributed by atoms with Crippen molar-refractivity contribution in [2.75, 3.05) is 18.9 Å². The van der Waals surface area contributed by atoms with Crippen LogP contribution in [0.4, 0.5) is 5.95 Å². The number of imidazole rings is 1. The van der Waals surface area contributed by atoms with Crippen LogP contribution in [0, 0.1) is 5.92 Å². The lowest BCUT2D eigenvalue weighted by Gasteiger charge is -2.17. The van der Waals surface area contributed by atoms with Crippen LogP contribution >= 0.6 is 8.18 Å². The zero-order valence-electron chi connectivity index (χ0n) is 17.5. The lowest BCUT2D eigenvalue weighted by atomic mass is 10.1. The summed E-state index contributed by atoms with van der Waals surface area (Å²) in [6.45, 7) is 5.10. The molecule has 0 radical (unpaired) electrons. The van der Waals surface area contributed by atoms with Gasteiger partial charge < -0.3 is 15.2 Å². The third kappa shape index (κ3) is 4.99. The molecule has 1 aromatic carbocycles. The minimum atomic E-state index is -1.99. The van der Waals surface area contributed by atoms with Crippen molar-refractivity contribution in [3.63, 3.8) is 0 Å². The van der Waals surface area contributed by atoms with Gasteiger partial charge >= 0.3 is 8.18 Å². The molecule has 4 rings (SSSR count). The van der Waals surface area contributed by atoms with Crippen molar-refractivity contribution in [1.29, 1.82) is 0 Å². The highest BCUT2D eigenvalue weighted by Gasteiger charge is 2.36. The fourth-order valence-electron chi connectivity index (χ4n) is 3.64. The summed E-state index contributed by atoms with van der Waals surface area (Å²) in [7, 11) is -1.99. The average molecular weight is 445 g/mol. The van der Waals surface area contributed by atoms with E-state index >= 15 is 0 Å². The first-order chi connectivity index (χ1) is 15.0. The molecular formula is C20H26N6O4P+. The minimum Gasteiger partial charge on any atom is -0.476 e. The molecule has 0 amide bonds. The Balaban J connectivity index is 1.37. The molecule has 1 aliphatic rings. The van der Waals surface area contributed by atoms with Crippen LogP contribution in [0.1, 0.15) is 32.1 Å². The quantitative estimate of drug-likeness (QED) is 0.477. The molecule has 1 aliphatic heterocycles. The van der Waals surface area contributed by atoms with E-state index in [1.165, 1.54) is 0 Å². The Labute approximate surface area is 181 Å². The maximum atomic E-state index is 12.2. The molecule has 1 fully saturated rings. The number of ether oxygens (including phenoxy) is 2. The summed E-state index contributed by atoms with van der Waals surface area (Å²) >= 11 is 0. The molecule has 31 heavy (non-hydrogen) atoms. The van der Waals surface area contributed by atoms with Crippen LogP contribution in [-0.4, -0.2) is 38.8 Å². The molecule has 0 bridgehead atoms. The van der Waals surface area contributed by atoms with Gasteiger partial charge in [-0.2, -0.15) is 9.97 Å². The molecule has 0 saturated carbocycles. The highest BCUT2D eigenvalue weighted by Crippen LogP contribution is 2.37. The molecule has 164 valence electrons. The lowest BCUT2D eigenvalue weighted by Crippen LogP contribution is -2.17. The number of benzene rings is 1. The molecule has 3 N–H and O–H groups in total. The number of hydrogen-bond donors (Lipinski definition) is 2. The second-order valence-electron chi connectivity index (χ2n) is 7.38. The Bertz CT molecular complexity index is 1050. The van der Waals surface area contributed by atoms with E-state index < -0.39 is 8.18 Å². The number of nitrogens with two attached hydrogens (primary N) is 1. The fraction of sp³-hybridized carbons (Fsp3) is 0.450. The number of fused-ring (bicyclic) bond motifs is 1. The number of anilines is 1. The van der Waals surface area contributed by atoms with Crippen molar-refractivity contribution < 1.29 is 18.6 Å². The highest BCUT2D eigenvalue weighted by atomic mass is 31.1. The number of nitrogens with zero attached hydrogens (tertiary/aromatic N) is 4. The molecule has 2 aromatic heterocycles. The van der Waals surface area contributed by atoms with E-state index in [2.05, 4.69) is 27.0 Å². The predicted molar refractivity (Wildman–Crippen MR) is 115 cm³/mol. The van der Waals surface area contributed by atoms with E-state index in [4.69, 9.17) is 19.7 Å². The van der Waals surface area contributed by atoms with Gasteiger partial charge in [-0.3, -0.25) is 4.57 Å². The van der Waals surface area contributed by atoms with Gasteiger partial charge in [0, 0.05) is 5.92 Å². The van der Waals surface area contributed by atoms with Gasteiger partial charge in [-0.05, 0) is 23.5 Å². The van der Waals surface area contributed by atoms with Gasteiger partial charge in [0.1, 0.15) is 12.8 Å². The molecule has 1 saturated heterocycles. The van der Waals surface area contributed by atoms with Gasteiger partial charge in [0.2, 0.25) is 11.8 Å². The van der Waals surface area contributed by atoms with Crippen molar-refractivity contribution in [1.82, 2.24) is 24.6 Å². The van der Waals surface area contributed by atoms with E-state index in [0.717, 1.165) is 12.0 Å². The minimum absolute atomic E-state index is 0.115. The van der Waals surface area contributed by atoms with Crippen LogP contribution in [0.5, 0.6) is 5.88 Å². The van der Waals surface area contributed by atoms with Crippen molar-refractivity contribution >= 4 is 25.3 Å². The van der Waals surface area contributed by atoms with Gasteiger partial charge in [-0.25, -0.2) is 4.98 Å². The second kappa shape index (κ2) is 9.65. The van der Waals surface area contributed by atoms with Gasteiger partial charge in [0.15, 0.2) is 11.2 Å². The van der Waals surface area contributed by atoms with Crippen LogP contribution < -0.4 is 15.6 Å². The van der Waals surface area contributed by atoms with Crippen LogP contribution in [-0.2, 0) is 20.4 Å². The maximum absolute atomic E-state index is 12.2. The number of aromatic nitrogens is 4. The van der Waals surface area contributed by atoms with Crippen molar-refractivity contribution in [2.45, 2.75) is 39.1 Å². The molecule has 0 spiro atoms. The summed E-state index contributed by atoms with van der Waals surface area (Å²) in [6.07, 6.45) is 1.93. The van der Waals surface area contributed by atoms with Gasteiger partial charge in [0.25, 0.3) is 0 Å². The topological polar surface area (TPSA) is 126 Å². The molecule has 3 heterocycles. The zero-order valence-corrected chi connectivity index (χ0v) is 18.4. The Hall–Kier alpha value is -2.65. The summed E-state index contributed by atoms with van der Waals surface area (Å²) in [6, 6.07) is 9.75. The summed E-state index contributed by atoms with van der Waals surface area (Å²) in [4.78, 5) is 12.8. The molecule has 11 heteroatoms. The largest absolute Gasteiger partial charge is 0.613 e. The Morgan fingerprint density at radius 1 is 1.32 bits per heavy atom. The third-order valence-corrected chi connectivity index (χ3v) is 5.85. The SMILES string of the molecule is CCOc1nc(N)nc2c1ncn2[C@@H]1O[C@H](CO[P+](=O)NCc2ccccc2)C[C@@H]1C. The maximum Gasteiger partial charge on any atom is 0.613 e.